The summed E-state index contributed by atoms with van der Waals surface area (Å²) in [6.45, 7) is 7.92. The highest BCUT2D eigenvalue weighted by atomic mass is 16.2. The van der Waals surface area contributed by atoms with E-state index in [-0.39, 0.29) is 18.2 Å². The van der Waals surface area contributed by atoms with Crippen LogP contribution in [0, 0.1) is 6.92 Å². The molecule has 0 atom stereocenters. The maximum atomic E-state index is 12.3. The van der Waals surface area contributed by atoms with Crippen LogP contribution in [-0.4, -0.2) is 18.2 Å². The number of Topliss-reactive ketones (excluding diaryl/α,β-unsaturated/α-hetero) is 1. The number of para-hydroxylation sites is 1. The molecule has 4 heteroatoms. The third-order valence-electron chi connectivity index (χ3n) is 3.94. The van der Waals surface area contributed by atoms with E-state index in [0.717, 1.165) is 22.5 Å². The van der Waals surface area contributed by atoms with Crippen molar-refractivity contribution in [2.45, 2.75) is 33.6 Å². The fourth-order valence-corrected chi connectivity index (χ4v) is 2.53. The predicted molar refractivity (Wildman–Crippen MR) is 98.8 cm³/mol. The zero-order chi connectivity index (χ0) is 17.7. The largest absolute Gasteiger partial charge is 0.376 e. The summed E-state index contributed by atoms with van der Waals surface area (Å²) in [5.74, 6) is 0.272. The quantitative estimate of drug-likeness (QED) is 0.776. The van der Waals surface area contributed by atoms with Gasteiger partial charge in [-0.15, -0.1) is 0 Å². The molecular formula is C20H24N2O2. The van der Waals surface area contributed by atoms with Gasteiger partial charge < -0.3 is 10.6 Å². The van der Waals surface area contributed by atoms with E-state index in [4.69, 9.17) is 0 Å². The Kier molecular flexibility index (Phi) is 5.74. The number of ketones is 1. The van der Waals surface area contributed by atoms with Crippen molar-refractivity contribution in [3.8, 4) is 0 Å². The molecule has 0 spiro atoms. The standard InChI is InChI=1S/C20H24N2O2/c1-13(2)18-7-5-6-14(3)20(18)22-19(24)12-21-17-10-8-16(9-11-17)15(4)23/h5-11,13,21H,12H2,1-4H3,(H,22,24). The van der Waals surface area contributed by atoms with E-state index < -0.39 is 0 Å². The third kappa shape index (κ3) is 4.44. The summed E-state index contributed by atoms with van der Waals surface area (Å²) < 4.78 is 0. The van der Waals surface area contributed by atoms with Gasteiger partial charge in [0.05, 0.1) is 6.54 Å². The number of anilines is 2. The molecule has 2 N–H and O–H groups in total. The molecule has 24 heavy (non-hydrogen) atoms. The topological polar surface area (TPSA) is 58.2 Å². The molecule has 0 unspecified atom stereocenters. The number of nitrogens with one attached hydrogen (secondary N) is 2. The summed E-state index contributed by atoms with van der Waals surface area (Å²) in [4.78, 5) is 23.5. The first kappa shape index (κ1) is 17.7. The molecule has 0 aliphatic heterocycles. The number of carbonyl (C=O) groups excluding carboxylic acids is 2. The summed E-state index contributed by atoms with van der Waals surface area (Å²) in [6.07, 6.45) is 0. The van der Waals surface area contributed by atoms with Crippen molar-refractivity contribution >= 4 is 23.1 Å². The Morgan fingerprint density at radius 3 is 2.29 bits per heavy atom. The maximum Gasteiger partial charge on any atom is 0.243 e. The second kappa shape index (κ2) is 7.77. The van der Waals surface area contributed by atoms with Crippen molar-refractivity contribution in [3.05, 3.63) is 59.2 Å². The smallest absolute Gasteiger partial charge is 0.243 e. The first-order chi connectivity index (χ1) is 11.4. The fraction of sp³-hybridized carbons (Fsp3) is 0.300. The van der Waals surface area contributed by atoms with Gasteiger partial charge in [0, 0.05) is 16.9 Å². The van der Waals surface area contributed by atoms with Crippen molar-refractivity contribution < 1.29 is 9.59 Å². The minimum atomic E-state index is -0.0955. The lowest BCUT2D eigenvalue weighted by Gasteiger charge is -2.16. The van der Waals surface area contributed by atoms with Gasteiger partial charge in [0.2, 0.25) is 5.91 Å². The number of aryl methyl sites for hydroxylation is 1. The molecule has 0 bridgehead atoms. The molecule has 0 saturated heterocycles. The molecule has 2 rings (SSSR count). The van der Waals surface area contributed by atoms with E-state index in [0.29, 0.717) is 11.5 Å². The molecule has 0 aliphatic rings. The number of hydrogen-bond acceptors (Lipinski definition) is 3. The van der Waals surface area contributed by atoms with Crippen LogP contribution in [0.2, 0.25) is 0 Å². The lowest BCUT2D eigenvalue weighted by Crippen LogP contribution is -2.23. The van der Waals surface area contributed by atoms with E-state index in [1.54, 1.807) is 24.3 Å². The minimum Gasteiger partial charge on any atom is -0.376 e. The van der Waals surface area contributed by atoms with E-state index in [1.807, 2.05) is 25.1 Å². The van der Waals surface area contributed by atoms with Gasteiger partial charge >= 0.3 is 0 Å². The van der Waals surface area contributed by atoms with E-state index in [2.05, 4.69) is 24.5 Å². The lowest BCUT2D eigenvalue weighted by molar-refractivity contribution is -0.114. The molecule has 0 saturated carbocycles. The van der Waals surface area contributed by atoms with Gasteiger partial charge in [-0.1, -0.05) is 32.0 Å². The average molecular weight is 324 g/mol. The van der Waals surface area contributed by atoms with Crippen molar-refractivity contribution in [2.24, 2.45) is 0 Å². The van der Waals surface area contributed by atoms with Crippen molar-refractivity contribution in [3.63, 3.8) is 0 Å². The lowest BCUT2D eigenvalue weighted by atomic mass is 9.98. The predicted octanol–water partition coefficient (Wildman–Crippen LogP) is 4.37. The van der Waals surface area contributed by atoms with Crippen LogP contribution in [-0.2, 0) is 4.79 Å². The van der Waals surface area contributed by atoms with Crippen molar-refractivity contribution in [2.75, 3.05) is 17.2 Å². The van der Waals surface area contributed by atoms with Gasteiger partial charge in [-0.05, 0) is 55.2 Å². The van der Waals surface area contributed by atoms with Crippen molar-refractivity contribution in [1.82, 2.24) is 0 Å². The van der Waals surface area contributed by atoms with Crippen LogP contribution >= 0.6 is 0 Å². The van der Waals surface area contributed by atoms with Crippen molar-refractivity contribution in [1.29, 1.82) is 0 Å². The van der Waals surface area contributed by atoms with Gasteiger partial charge in [0.1, 0.15) is 0 Å². The number of amides is 1. The van der Waals surface area contributed by atoms with Crippen LogP contribution in [0.15, 0.2) is 42.5 Å². The number of hydrogen-bond donors (Lipinski definition) is 2. The number of benzene rings is 2. The zero-order valence-corrected chi connectivity index (χ0v) is 14.6. The second-order valence-corrected chi connectivity index (χ2v) is 6.23. The molecule has 0 fully saturated rings. The van der Waals surface area contributed by atoms with Gasteiger partial charge in [0.15, 0.2) is 5.78 Å². The molecule has 2 aromatic rings. The van der Waals surface area contributed by atoms with Crippen LogP contribution in [0.1, 0.15) is 48.2 Å². The van der Waals surface area contributed by atoms with Crippen LogP contribution in [0.4, 0.5) is 11.4 Å². The fourth-order valence-electron chi connectivity index (χ4n) is 2.53. The summed E-state index contributed by atoms with van der Waals surface area (Å²) in [5, 5.41) is 6.08. The second-order valence-electron chi connectivity index (χ2n) is 6.23. The summed E-state index contributed by atoms with van der Waals surface area (Å²) in [7, 11) is 0. The van der Waals surface area contributed by atoms with Gasteiger partial charge in [-0.3, -0.25) is 9.59 Å². The average Bonchev–Trinajstić information content (AvgIpc) is 2.55. The Labute approximate surface area is 143 Å². The summed E-state index contributed by atoms with van der Waals surface area (Å²) in [6, 6.07) is 13.2. The molecule has 0 aromatic heterocycles. The van der Waals surface area contributed by atoms with Crippen LogP contribution in [0.25, 0.3) is 0 Å². The molecule has 0 radical (unpaired) electrons. The SMILES string of the molecule is CC(=O)c1ccc(NCC(=O)Nc2c(C)cccc2C(C)C)cc1. The number of carbonyl (C=O) groups is 2. The van der Waals surface area contributed by atoms with Crippen LogP contribution in [0.5, 0.6) is 0 Å². The highest BCUT2D eigenvalue weighted by molar-refractivity contribution is 5.96. The monoisotopic (exact) mass is 324 g/mol. The zero-order valence-electron chi connectivity index (χ0n) is 14.6. The first-order valence-corrected chi connectivity index (χ1v) is 8.12. The highest BCUT2D eigenvalue weighted by Gasteiger charge is 2.11. The van der Waals surface area contributed by atoms with E-state index >= 15 is 0 Å². The molecule has 1 amide bonds. The first-order valence-electron chi connectivity index (χ1n) is 8.12. The normalized spacial score (nSPS) is 10.5. The number of rotatable bonds is 6. The molecular weight excluding hydrogens is 300 g/mol. The minimum absolute atomic E-state index is 0.0278. The van der Waals surface area contributed by atoms with E-state index in [9.17, 15) is 9.59 Å². The molecule has 0 heterocycles. The Balaban J connectivity index is 2.00. The highest BCUT2D eigenvalue weighted by Crippen LogP contribution is 2.27. The molecule has 4 nitrogen and oxygen atoms in total. The van der Waals surface area contributed by atoms with Gasteiger partial charge in [-0.25, -0.2) is 0 Å². The van der Waals surface area contributed by atoms with Crippen LogP contribution in [0.3, 0.4) is 0 Å². The Morgan fingerprint density at radius 1 is 1.04 bits per heavy atom. The Bertz CT molecular complexity index is 734. The molecule has 2 aromatic carbocycles. The Hall–Kier alpha value is -2.62. The summed E-state index contributed by atoms with van der Waals surface area (Å²) in [5.41, 5.74) is 4.55. The molecule has 126 valence electrons. The summed E-state index contributed by atoms with van der Waals surface area (Å²) >= 11 is 0. The van der Waals surface area contributed by atoms with Gasteiger partial charge in [0.25, 0.3) is 0 Å². The van der Waals surface area contributed by atoms with Crippen LogP contribution < -0.4 is 10.6 Å². The van der Waals surface area contributed by atoms with Gasteiger partial charge in [-0.2, -0.15) is 0 Å². The van der Waals surface area contributed by atoms with E-state index in [1.165, 1.54) is 6.92 Å². The third-order valence-corrected chi connectivity index (χ3v) is 3.94. The Morgan fingerprint density at radius 2 is 1.71 bits per heavy atom. The molecule has 0 aliphatic carbocycles. The maximum absolute atomic E-state index is 12.3.